The molecule has 0 spiro atoms. The molecule has 0 radical (unpaired) electrons. The van der Waals surface area contributed by atoms with Crippen LogP contribution in [0.3, 0.4) is 0 Å². The summed E-state index contributed by atoms with van der Waals surface area (Å²) in [5.41, 5.74) is 4.65. The lowest BCUT2D eigenvalue weighted by Crippen LogP contribution is -2.33. The summed E-state index contributed by atoms with van der Waals surface area (Å²) >= 11 is 6.17. The molecule has 1 heterocycles. The first kappa shape index (κ1) is 16.2. The zero-order valence-electron chi connectivity index (χ0n) is 14.2. The molecule has 3 aromatic rings. The van der Waals surface area contributed by atoms with Crippen molar-refractivity contribution >= 4 is 28.4 Å². The van der Waals surface area contributed by atoms with Gasteiger partial charge in [0.15, 0.2) is 0 Å². The number of amides is 1. The number of hydrogen-bond donors (Lipinski definition) is 2. The van der Waals surface area contributed by atoms with Crippen molar-refractivity contribution in [1.29, 1.82) is 0 Å². The van der Waals surface area contributed by atoms with Crippen LogP contribution in [0.15, 0.2) is 48.7 Å². The van der Waals surface area contributed by atoms with Gasteiger partial charge in [-0.05, 0) is 54.7 Å². The van der Waals surface area contributed by atoms with Crippen LogP contribution in [0.2, 0.25) is 5.02 Å². The topological polar surface area (TPSA) is 44.9 Å². The third-order valence-corrected chi connectivity index (χ3v) is 5.54. The van der Waals surface area contributed by atoms with E-state index in [9.17, 15) is 4.79 Å². The van der Waals surface area contributed by atoms with Gasteiger partial charge in [-0.15, -0.1) is 0 Å². The second-order valence-corrected chi connectivity index (χ2v) is 7.49. The monoisotopic (exact) mass is 352 g/mol. The van der Waals surface area contributed by atoms with Gasteiger partial charge in [-0.25, -0.2) is 0 Å². The number of aromatic nitrogens is 1. The normalized spacial score (nSPS) is 15.3. The Morgan fingerprint density at radius 1 is 1.24 bits per heavy atom. The summed E-state index contributed by atoms with van der Waals surface area (Å²) < 4.78 is 0. The molecule has 4 rings (SSSR count). The Kier molecular flexibility index (Phi) is 4.04. The number of H-pyrrole nitrogens is 1. The largest absolute Gasteiger partial charge is 0.361 e. The highest BCUT2D eigenvalue weighted by Gasteiger charge is 2.45. The van der Waals surface area contributed by atoms with Crippen molar-refractivity contribution < 1.29 is 4.79 Å². The fourth-order valence-electron chi connectivity index (χ4n) is 3.54. The minimum absolute atomic E-state index is 0.0460. The van der Waals surface area contributed by atoms with Gasteiger partial charge in [0.25, 0.3) is 0 Å². The zero-order chi connectivity index (χ0) is 17.4. The standard InChI is InChI=1S/C21H21ClN2O/c1-14-4-2-3-5-15(14)10-20(25)24-13-21(8-9-21)18-12-23-19-7-6-16(22)11-17(18)19/h2-7,11-12,23H,8-10,13H2,1H3,(H,24,25). The first-order valence-corrected chi connectivity index (χ1v) is 9.04. The molecular formula is C21H21ClN2O. The average molecular weight is 353 g/mol. The number of benzene rings is 2. The quantitative estimate of drug-likeness (QED) is 0.696. The molecule has 1 aliphatic rings. The molecule has 0 bridgehead atoms. The molecule has 2 N–H and O–H groups in total. The molecule has 0 aliphatic heterocycles. The van der Waals surface area contributed by atoms with Crippen LogP contribution in [0.5, 0.6) is 0 Å². The number of aryl methyl sites for hydroxylation is 1. The predicted octanol–water partition coefficient (Wildman–Crippen LogP) is 4.52. The van der Waals surface area contributed by atoms with Crippen molar-refractivity contribution in [3.63, 3.8) is 0 Å². The molecule has 3 nitrogen and oxygen atoms in total. The SMILES string of the molecule is Cc1ccccc1CC(=O)NCC1(c2c[nH]c3ccc(Cl)cc23)CC1. The van der Waals surface area contributed by atoms with Gasteiger partial charge in [0.2, 0.25) is 5.91 Å². The summed E-state index contributed by atoms with van der Waals surface area (Å²) in [4.78, 5) is 15.7. The molecule has 2 aromatic carbocycles. The predicted molar refractivity (Wildman–Crippen MR) is 102 cm³/mol. The molecule has 1 aromatic heterocycles. The van der Waals surface area contributed by atoms with E-state index >= 15 is 0 Å². The van der Waals surface area contributed by atoms with E-state index in [2.05, 4.69) is 16.5 Å². The lowest BCUT2D eigenvalue weighted by molar-refractivity contribution is -0.120. The molecule has 0 atom stereocenters. The Morgan fingerprint density at radius 3 is 2.80 bits per heavy atom. The first-order chi connectivity index (χ1) is 12.1. The van der Waals surface area contributed by atoms with E-state index in [1.165, 1.54) is 5.56 Å². The van der Waals surface area contributed by atoms with Crippen molar-refractivity contribution in [2.24, 2.45) is 0 Å². The van der Waals surface area contributed by atoms with Crippen LogP contribution in [-0.4, -0.2) is 17.4 Å². The van der Waals surface area contributed by atoms with Crippen LogP contribution in [0.4, 0.5) is 0 Å². The number of carbonyl (C=O) groups excluding carboxylic acids is 1. The lowest BCUT2D eigenvalue weighted by Gasteiger charge is -2.16. The van der Waals surface area contributed by atoms with Gasteiger partial charge in [0.05, 0.1) is 6.42 Å². The molecule has 1 amide bonds. The molecular weight excluding hydrogens is 332 g/mol. The maximum atomic E-state index is 12.4. The van der Waals surface area contributed by atoms with Crippen LogP contribution >= 0.6 is 11.6 Å². The van der Waals surface area contributed by atoms with E-state index < -0.39 is 0 Å². The molecule has 1 saturated carbocycles. The highest BCUT2D eigenvalue weighted by molar-refractivity contribution is 6.31. The summed E-state index contributed by atoms with van der Waals surface area (Å²) in [6, 6.07) is 14.0. The summed E-state index contributed by atoms with van der Waals surface area (Å²) in [7, 11) is 0. The number of aromatic amines is 1. The third-order valence-electron chi connectivity index (χ3n) is 5.30. The summed E-state index contributed by atoms with van der Waals surface area (Å²) in [5.74, 6) is 0.0819. The number of nitrogens with one attached hydrogen (secondary N) is 2. The summed E-state index contributed by atoms with van der Waals surface area (Å²) in [6.45, 7) is 2.72. The Labute approximate surface area is 152 Å². The number of halogens is 1. The van der Waals surface area contributed by atoms with Gasteiger partial charge in [-0.1, -0.05) is 35.9 Å². The zero-order valence-corrected chi connectivity index (χ0v) is 15.0. The van der Waals surface area contributed by atoms with E-state index in [4.69, 9.17) is 11.6 Å². The van der Waals surface area contributed by atoms with Crippen molar-refractivity contribution in [3.05, 3.63) is 70.4 Å². The fraction of sp³-hybridized carbons (Fsp3) is 0.286. The molecule has 4 heteroatoms. The van der Waals surface area contributed by atoms with Crippen molar-refractivity contribution in [2.75, 3.05) is 6.54 Å². The van der Waals surface area contributed by atoms with Crippen molar-refractivity contribution in [3.8, 4) is 0 Å². The average Bonchev–Trinajstić information content (AvgIpc) is 3.27. The number of carbonyl (C=O) groups is 1. The van der Waals surface area contributed by atoms with Crippen LogP contribution in [0.25, 0.3) is 10.9 Å². The Bertz CT molecular complexity index is 940. The van der Waals surface area contributed by atoms with Gasteiger partial charge < -0.3 is 10.3 Å². The maximum Gasteiger partial charge on any atom is 0.224 e. The van der Waals surface area contributed by atoms with E-state index in [1.807, 2.05) is 49.4 Å². The third kappa shape index (κ3) is 3.16. The Morgan fingerprint density at radius 2 is 2.04 bits per heavy atom. The highest BCUT2D eigenvalue weighted by Crippen LogP contribution is 2.50. The number of fused-ring (bicyclic) bond motifs is 1. The molecule has 1 fully saturated rings. The van der Waals surface area contributed by atoms with Crippen LogP contribution < -0.4 is 5.32 Å². The van der Waals surface area contributed by atoms with Gasteiger partial charge in [-0.2, -0.15) is 0 Å². The summed E-state index contributed by atoms with van der Waals surface area (Å²) in [6.07, 6.45) is 4.69. The Hall–Kier alpha value is -2.26. The van der Waals surface area contributed by atoms with Crippen molar-refractivity contribution in [1.82, 2.24) is 10.3 Å². The molecule has 0 unspecified atom stereocenters. The minimum Gasteiger partial charge on any atom is -0.361 e. The fourth-order valence-corrected chi connectivity index (χ4v) is 3.71. The van der Waals surface area contributed by atoms with Crippen LogP contribution in [0.1, 0.15) is 29.5 Å². The second kappa shape index (κ2) is 6.23. The van der Waals surface area contributed by atoms with E-state index in [0.29, 0.717) is 13.0 Å². The molecule has 1 aliphatic carbocycles. The van der Waals surface area contributed by atoms with E-state index in [1.54, 1.807) is 0 Å². The number of rotatable bonds is 5. The highest BCUT2D eigenvalue weighted by atomic mass is 35.5. The molecule has 25 heavy (non-hydrogen) atoms. The minimum atomic E-state index is 0.0460. The Balaban J connectivity index is 1.48. The van der Waals surface area contributed by atoms with Crippen LogP contribution in [-0.2, 0) is 16.6 Å². The van der Waals surface area contributed by atoms with Crippen LogP contribution in [0, 0.1) is 6.92 Å². The van der Waals surface area contributed by atoms with Gasteiger partial charge in [0.1, 0.15) is 0 Å². The molecule has 128 valence electrons. The van der Waals surface area contributed by atoms with Gasteiger partial charge >= 0.3 is 0 Å². The van der Waals surface area contributed by atoms with E-state index in [-0.39, 0.29) is 11.3 Å². The maximum absolute atomic E-state index is 12.4. The first-order valence-electron chi connectivity index (χ1n) is 8.66. The van der Waals surface area contributed by atoms with Gasteiger partial charge in [-0.3, -0.25) is 4.79 Å². The number of hydrogen-bond acceptors (Lipinski definition) is 1. The molecule has 0 saturated heterocycles. The van der Waals surface area contributed by atoms with Gasteiger partial charge in [0, 0.05) is 34.1 Å². The second-order valence-electron chi connectivity index (χ2n) is 7.05. The smallest absolute Gasteiger partial charge is 0.224 e. The lowest BCUT2D eigenvalue weighted by atomic mass is 9.95. The summed E-state index contributed by atoms with van der Waals surface area (Å²) in [5, 5.41) is 5.05. The van der Waals surface area contributed by atoms with Crippen molar-refractivity contribution in [2.45, 2.75) is 31.6 Å². The van der Waals surface area contributed by atoms with E-state index in [0.717, 1.165) is 39.9 Å².